The fraction of sp³-hybridized carbons (Fsp3) is 0. The van der Waals surface area contributed by atoms with Gasteiger partial charge in [-0.15, -0.1) is 0 Å². The van der Waals surface area contributed by atoms with E-state index in [1.165, 1.54) is 49.0 Å². The lowest BCUT2D eigenvalue weighted by atomic mass is 9.96. The number of hydrogen-bond acceptors (Lipinski definition) is 2. The first-order chi connectivity index (χ1) is 35.2. The van der Waals surface area contributed by atoms with Crippen molar-refractivity contribution in [3.8, 4) is 50.2 Å². The highest BCUT2D eigenvalue weighted by Gasteiger charge is 2.22. The number of fused-ring (bicyclic) bond motifs is 8. The smallest absolute Gasteiger partial charge is 0.136 e. The third-order valence-electron chi connectivity index (χ3n) is 14.4. The summed E-state index contributed by atoms with van der Waals surface area (Å²) < 4.78 is 8.76. The average molecular weight is 905 g/mol. The van der Waals surface area contributed by atoms with Crippen LogP contribution in [-0.2, 0) is 0 Å². The van der Waals surface area contributed by atoms with Crippen molar-refractivity contribution in [1.82, 2.24) is 4.57 Å². The number of benzene rings is 12. The first-order valence-corrected chi connectivity index (χ1v) is 24.3. The SMILES string of the molecule is c1ccc(N(c2ccc(-c3ccccc3-n3c4ccccc4c4cc(-c5ccc6c(c5)oc5ccccc56)ccc43)cc2)c2ccccc2-c2ccc3ccccc3c2)c(-c2ccc3ccccc3c2)c1. The maximum atomic E-state index is 6.32. The number of hydrogen-bond donors (Lipinski definition) is 0. The molecule has 3 nitrogen and oxygen atoms in total. The zero-order valence-corrected chi connectivity index (χ0v) is 38.7. The maximum absolute atomic E-state index is 6.32. The number of rotatable bonds is 8. The van der Waals surface area contributed by atoms with Crippen molar-refractivity contribution in [1.29, 1.82) is 0 Å². The van der Waals surface area contributed by atoms with E-state index < -0.39 is 0 Å². The largest absolute Gasteiger partial charge is 0.456 e. The molecule has 0 N–H and O–H groups in total. The van der Waals surface area contributed by atoms with E-state index in [0.717, 1.165) is 83.6 Å². The summed E-state index contributed by atoms with van der Waals surface area (Å²) in [4.78, 5) is 2.45. The van der Waals surface area contributed by atoms with Crippen LogP contribution in [0.25, 0.3) is 115 Å². The second kappa shape index (κ2) is 16.7. The summed E-state index contributed by atoms with van der Waals surface area (Å²) in [7, 11) is 0. The number of furan rings is 1. The summed E-state index contributed by atoms with van der Waals surface area (Å²) in [5, 5.41) is 9.59. The number of nitrogens with zero attached hydrogens (tertiary/aromatic N) is 2. The third kappa shape index (κ3) is 6.89. The molecule has 0 aliphatic heterocycles. The van der Waals surface area contributed by atoms with E-state index in [1.807, 2.05) is 12.1 Å². The molecule has 0 aliphatic rings. The van der Waals surface area contributed by atoms with Gasteiger partial charge in [-0.3, -0.25) is 0 Å². The molecule has 14 rings (SSSR count). The Morgan fingerprint density at radius 1 is 0.282 bits per heavy atom. The van der Waals surface area contributed by atoms with Crippen LogP contribution in [-0.4, -0.2) is 4.57 Å². The first-order valence-electron chi connectivity index (χ1n) is 24.3. The van der Waals surface area contributed by atoms with Crippen molar-refractivity contribution in [3.63, 3.8) is 0 Å². The molecule has 0 amide bonds. The molecular weight excluding hydrogens is 861 g/mol. The summed E-state index contributed by atoms with van der Waals surface area (Å²) in [6, 6.07) is 96.9. The molecule has 0 aliphatic carbocycles. The van der Waals surface area contributed by atoms with Gasteiger partial charge in [-0.2, -0.15) is 0 Å². The molecule has 2 aromatic heterocycles. The number of anilines is 3. The molecule has 3 heteroatoms. The predicted octanol–water partition coefficient (Wildman–Crippen LogP) is 19.1. The molecule has 332 valence electrons. The van der Waals surface area contributed by atoms with Gasteiger partial charge in [-0.1, -0.05) is 188 Å². The van der Waals surface area contributed by atoms with Crippen molar-refractivity contribution in [2.45, 2.75) is 0 Å². The van der Waals surface area contributed by atoms with E-state index in [4.69, 9.17) is 4.42 Å². The van der Waals surface area contributed by atoms with Gasteiger partial charge in [0.25, 0.3) is 0 Å². The van der Waals surface area contributed by atoms with Crippen molar-refractivity contribution < 1.29 is 4.42 Å². The Bertz CT molecular complexity index is 4240. The molecule has 0 fully saturated rings. The minimum absolute atomic E-state index is 0.901. The molecule has 14 aromatic rings. The minimum atomic E-state index is 0.901. The normalized spacial score (nSPS) is 11.7. The lowest BCUT2D eigenvalue weighted by Crippen LogP contribution is -2.12. The topological polar surface area (TPSA) is 21.3 Å². The van der Waals surface area contributed by atoms with Crippen LogP contribution in [0.5, 0.6) is 0 Å². The van der Waals surface area contributed by atoms with E-state index in [0.29, 0.717) is 0 Å². The third-order valence-corrected chi connectivity index (χ3v) is 14.4. The van der Waals surface area contributed by atoms with Gasteiger partial charge in [-0.05, 0) is 128 Å². The lowest BCUT2D eigenvalue weighted by Gasteiger charge is -2.30. The lowest BCUT2D eigenvalue weighted by molar-refractivity contribution is 0.669. The molecule has 71 heavy (non-hydrogen) atoms. The Kier molecular flexibility index (Phi) is 9.53. The van der Waals surface area contributed by atoms with Crippen LogP contribution in [0.2, 0.25) is 0 Å². The molecule has 0 atom stereocenters. The molecule has 0 saturated carbocycles. The second-order valence-corrected chi connectivity index (χ2v) is 18.5. The molecular formula is C68H44N2O. The summed E-state index contributed by atoms with van der Waals surface area (Å²) in [5.41, 5.74) is 17.8. The quantitative estimate of drug-likeness (QED) is 0.151. The Labute approximate surface area is 411 Å². The fourth-order valence-corrected chi connectivity index (χ4v) is 11.0. The number of para-hydroxylation sites is 5. The first kappa shape index (κ1) is 40.6. The van der Waals surface area contributed by atoms with Crippen molar-refractivity contribution in [3.05, 3.63) is 267 Å². The molecule has 0 spiro atoms. The summed E-state index contributed by atoms with van der Waals surface area (Å²) >= 11 is 0. The molecule has 0 bridgehead atoms. The number of aromatic nitrogens is 1. The van der Waals surface area contributed by atoms with Gasteiger partial charge < -0.3 is 13.9 Å². The molecule has 0 saturated heterocycles. The van der Waals surface area contributed by atoms with Crippen molar-refractivity contribution in [2.24, 2.45) is 0 Å². The van der Waals surface area contributed by atoms with Crippen LogP contribution in [0, 0.1) is 0 Å². The Balaban J connectivity index is 0.900. The minimum Gasteiger partial charge on any atom is -0.456 e. The van der Waals surface area contributed by atoms with Crippen LogP contribution in [0.1, 0.15) is 0 Å². The maximum Gasteiger partial charge on any atom is 0.136 e. The molecule has 12 aromatic carbocycles. The van der Waals surface area contributed by atoms with E-state index in [2.05, 4.69) is 264 Å². The summed E-state index contributed by atoms with van der Waals surface area (Å²) in [6.45, 7) is 0. The Morgan fingerprint density at radius 3 is 1.48 bits per heavy atom. The van der Waals surface area contributed by atoms with Gasteiger partial charge in [0.15, 0.2) is 0 Å². The van der Waals surface area contributed by atoms with Crippen LogP contribution < -0.4 is 4.90 Å². The van der Waals surface area contributed by atoms with Gasteiger partial charge in [0.2, 0.25) is 0 Å². The van der Waals surface area contributed by atoms with Crippen LogP contribution >= 0.6 is 0 Å². The van der Waals surface area contributed by atoms with Crippen molar-refractivity contribution >= 4 is 82.4 Å². The van der Waals surface area contributed by atoms with Gasteiger partial charge in [0.05, 0.1) is 28.1 Å². The van der Waals surface area contributed by atoms with Gasteiger partial charge in [0.1, 0.15) is 11.2 Å². The van der Waals surface area contributed by atoms with E-state index in [9.17, 15) is 0 Å². The average Bonchev–Trinajstić information content (AvgIpc) is 3.98. The van der Waals surface area contributed by atoms with Gasteiger partial charge in [0, 0.05) is 43.9 Å². The Morgan fingerprint density at radius 2 is 0.775 bits per heavy atom. The fourth-order valence-electron chi connectivity index (χ4n) is 11.0. The van der Waals surface area contributed by atoms with Crippen LogP contribution in [0.4, 0.5) is 17.1 Å². The second-order valence-electron chi connectivity index (χ2n) is 18.5. The summed E-state index contributed by atoms with van der Waals surface area (Å²) in [5.74, 6) is 0. The highest BCUT2D eigenvalue weighted by Crippen LogP contribution is 2.46. The highest BCUT2D eigenvalue weighted by atomic mass is 16.3. The van der Waals surface area contributed by atoms with Crippen molar-refractivity contribution in [2.75, 3.05) is 4.90 Å². The molecule has 0 unspecified atom stereocenters. The van der Waals surface area contributed by atoms with E-state index in [1.54, 1.807) is 0 Å². The van der Waals surface area contributed by atoms with Crippen LogP contribution in [0.15, 0.2) is 271 Å². The van der Waals surface area contributed by atoms with E-state index in [-0.39, 0.29) is 0 Å². The Hall–Kier alpha value is -9.44. The zero-order chi connectivity index (χ0) is 46.8. The summed E-state index contributed by atoms with van der Waals surface area (Å²) in [6.07, 6.45) is 0. The molecule has 0 radical (unpaired) electrons. The predicted molar refractivity (Wildman–Crippen MR) is 299 cm³/mol. The highest BCUT2D eigenvalue weighted by molar-refractivity contribution is 6.12. The van der Waals surface area contributed by atoms with E-state index >= 15 is 0 Å². The monoisotopic (exact) mass is 904 g/mol. The van der Waals surface area contributed by atoms with Gasteiger partial charge in [-0.25, -0.2) is 0 Å². The zero-order valence-electron chi connectivity index (χ0n) is 38.7. The molecule has 2 heterocycles. The van der Waals surface area contributed by atoms with Crippen LogP contribution in [0.3, 0.4) is 0 Å². The standard InChI is InChI=1S/C68H44N2O/c1-3-17-48-41-52(31-29-45(48)15-1)56-20-6-10-24-62(56)69(63-25-11-7-21-57(63)53-32-30-46-16-2-4-18-49(46)42-53)54-37-33-47(34-38-54)55-19-5-12-26-64(55)70-65-27-13-8-22-58(65)61-43-50(36-40-66(61)70)51-35-39-60-59-23-9-14-28-67(59)71-68(60)44-51/h1-44H. The van der Waals surface area contributed by atoms with Gasteiger partial charge >= 0.3 is 0 Å².